The van der Waals surface area contributed by atoms with Crippen LogP contribution in [0.15, 0.2) is 48.5 Å². The van der Waals surface area contributed by atoms with Gasteiger partial charge in [-0.05, 0) is 31.5 Å². The Balaban J connectivity index is 2.17. The number of para-hydroxylation sites is 2. The van der Waals surface area contributed by atoms with Gasteiger partial charge in [0.1, 0.15) is 0 Å². The molecular formula is C16H16F3NO. The number of nitrogens with one attached hydrogen (secondary N) is 1. The molecule has 2 aromatic rings. The van der Waals surface area contributed by atoms with Crippen LogP contribution in [0, 0.1) is 6.92 Å². The molecule has 2 rings (SSSR count). The van der Waals surface area contributed by atoms with Crippen molar-refractivity contribution >= 4 is 5.69 Å². The molecule has 0 radical (unpaired) electrons. The quantitative estimate of drug-likeness (QED) is 0.850. The Labute approximate surface area is 121 Å². The molecular weight excluding hydrogens is 279 g/mol. The molecule has 0 saturated carbocycles. The van der Waals surface area contributed by atoms with E-state index < -0.39 is 6.36 Å². The Morgan fingerprint density at radius 2 is 1.62 bits per heavy atom. The first-order valence-corrected chi connectivity index (χ1v) is 6.53. The van der Waals surface area contributed by atoms with Crippen molar-refractivity contribution in [1.82, 2.24) is 0 Å². The number of aryl methyl sites for hydroxylation is 1. The summed E-state index contributed by atoms with van der Waals surface area (Å²) in [6, 6.07) is 13.7. The summed E-state index contributed by atoms with van der Waals surface area (Å²) in [6.45, 7) is 3.86. The number of anilines is 1. The van der Waals surface area contributed by atoms with Crippen LogP contribution in [0.1, 0.15) is 24.1 Å². The van der Waals surface area contributed by atoms with Crippen molar-refractivity contribution in [2.24, 2.45) is 0 Å². The molecule has 21 heavy (non-hydrogen) atoms. The number of hydrogen-bond donors (Lipinski definition) is 1. The average Bonchev–Trinajstić information content (AvgIpc) is 2.40. The summed E-state index contributed by atoms with van der Waals surface area (Å²) >= 11 is 0. The van der Waals surface area contributed by atoms with Crippen molar-refractivity contribution in [3.8, 4) is 5.75 Å². The topological polar surface area (TPSA) is 21.3 Å². The second kappa shape index (κ2) is 6.08. The maximum Gasteiger partial charge on any atom is 0.573 e. The molecule has 2 nitrogen and oxygen atoms in total. The van der Waals surface area contributed by atoms with E-state index >= 15 is 0 Å². The number of benzene rings is 2. The molecule has 0 aliphatic carbocycles. The monoisotopic (exact) mass is 295 g/mol. The third-order valence-electron chi connectivity index (χ3n) is 3.06. The predicted octanol–water partition coefficient (Wildman–Crippen LogP) is 5.07. The van der Waals surface area contributed by atoms with Crippen LogP contribution in [-0.4, -0.2) is 6.36 Å². The molecule has 5 heteroatoms. The lowest BCUT2D eigenvalue weighted by atomic mass is 10.1. The third kappa shape index (κ3) is 4.41. The van der Waals surface area contributed by atoms with E-state index in [1.165, 1.54) is 12.1 Å². The molecule has 0 bridgehead atoms. The zero-order valence-electron chi connectivity index (χ0n) is 11.7. The largest absolute Gasteiger partial charge is 0.573 e. The van der Waals surface area contributed by atoms with Crippen LogP contribution in [0.5, 0.6) is 5.75 Å². The van der Waals surface area contributed by atoms with Gasteiger partial charge in [0.2, 0.25) is 0 Å². The SMILES string of the molecule is Cc1ccc(C(C)Nc2ccccc2OC(F)(F)F)cc1. The van der Waals surface area contributed by atoms with Gasteiger partial charge in [0, 0.05) is 6.04 Å². The highest BCUT2D eigenvalue weighted by Crippen LogP contribution is 2.32. The Kier molecular flexibility index (Phi) is 4.40. The van der Waals surface area contributed by atoms with Crippen molar-refractivity contribution in [1.29, 1.82) is 0 Å². The van der Waals surface area contributed by atoms with E-state index in [4.69, 9.17) is 0 Å². The second-order valence-corrected chi connectivity index (χ2v) is 4.82. The summed E-state index contributed by atoms with van der Waals surface area (Å²) in [7, 11) is 0. The zero-order valence-corrected chi connectivity index (χ0v) is 11.7. The number of halogens is 3. The van der Waals surface area contributed by atoms with Crippen LogP contribution < -0.4 is 10.1 Å². The van der Waals surface area contributed by atoms with Crippen LogP contribution in [0.25, 0.3) is 0 Å². The second-order valence-electron chi connectivity index (χ2n) is 4.82. The van der Waals surface area contributed by atoms with Crippen molar-refractivity contribution in [2.45, 2.75) is 26.3 Å². The Morgan fingerprint density at radius 1 is 1.00 bits per heavy atom. The van der Waals surface area contributed by atoms with Gasteiger partial charge in [0.05, 0.1) is 5.69 Å². The third-order valence-corrected chi connectivity index (χ3v) is 3.06. The maximum absolute atomic E-state index is 12.4. The molecule has 2 aromatic carbocycles. The van der Waals surface area contributed by atoms with E-state index in [0.717, 1.165) is 11.1 Å². The van der Waals surface area contributed by atoms with E-state index in [1.807, 2.05) is 38.1 Å². The summed E-state index contributed by atoms with van der Waals surface area (Å²) in [5, 5.41) is 3.04. The molecule has 0 amide bonds. The molecule has 1 N–H and O–H groups in total. The molecule has 0 fully saturated rings. The highest BCUT2D eigenvalue weighted by molar-refractivity contribution is 5.57. The van der Waals surface area contributed by atoms with Gasteiger partial charge in [0.15, 0.2) is 5.75 Å². The van der Waals surface area contributed by atoms with Crippen molar-refractivity contribution in [2.75, 3.05) is 5.32 Å². The van der Waals surface area contributed by atoms with Gasteiger partial charge in [-0.1, -0.05) is 42.0 Å². The van der Waals surface area contributed by atoms with Gasteiger partial charge >= 0.3 is 6.36 Å². The molecule has 0 saturated heterocycles. The first-order valence-electron chi connectivity index (χ1n) is 6.53. The van der Waals surface area contributed by atoms with Gasteiger partial charge in [-0.2, -0.15) is 0 Å². The molecule has 1 atom stereocenters. The molecule has 112 valence electrons. The van der Waals surface area contributed by atoms with Crippen LogP contribution in [-0.2, 0) is 0 Å². The van der Waals surface area contributed by atoms with Crippen LogP contribution in [0.2, 0.25) is 0 Å². The maximum atomic E-state index is 12.4. The lowest BCUT2D eigenvalue weighted by Crippen LogP contribution is -2.18. The van der Waals surface area contributed by atoms with Crippen LogP contribution >= 0.6 is 0 Å². The van der Waals surface area contributed by atoms with Crippen molar-refractivity contribution in [3.63, 3.8) is 0 Å². The number of alkyl halides is 3. The minimum Gasteiger partial charge on any atom is -0.404 e. The van der Waals surface area contributed by atoms with E-state index in [-0.39, 0.29) is 11.8 Å². The van der Waals surface area contributed by atoms with Crippen LogP contribution in [0.4, 0.5) is 18.9 Å². The smallest absolute Gasteiger partial charge is 0.404 e. The fourth-order valence-electron chi connectivity index (χ4n) is 1.97. The summed E-state index contributed by atoms with van der Waals surface area (Å²) in [5.41, 5.74) is 2.43. The van der Waals surface area contributed by atoms with Gasteiger partial charge in [-0.25, -0.2) is 0 Å². The van der Waals surface area contributed by atoms with E-state index in [2.05, 4.69) is 10.1 Å². The number of hydrogen-bond acceptors (Lipinski definition) is 2. The first kappa shape index (κ1) is 15.2. The van der Waals surface area contributed by atoms with Crippen molar-refractivity contribution < 1.29 is 17.9 Å². The summed E-state index contributed by atoms with van der Waals surface area (Å²) in [6.07, 6.45) is -4.70. The van der Waals surface area contributed by atoms with E-state index in [9.17, 15) is 13.2 Å². The van der Waals surface area contributed by atoms with E-state index in [1.54, 1.807) is 12.1 Å². The minimum absolute atomic E-state index is 0.136. The Bertz CT molecular complexity index is 593. The lowest BCUT2D eigenvalue weighted by molar-refractivity contribution is -0.274. The van der Waals surface area contributed by atoms with Gasteiger partial charge < -0.3 is 10.1 Å². The lowest BCUT2D eigenvalue weighted by Gasteiger charge is -2.19. The molecule has 1 unspecified atom stereocenters. The highest BCUT2D eigenvalue weighted by Gasteiger charge is 2.32. The standard InChI is InChI=1S/C16H16F3NO/c1-11-7-9-13(10-8-11)12(2)20-14-5-3-4-6-15(14)21-16(17,18)19/h3-10,12,20H,1-2H3. The molecule has 0 aliphatic rings. The van der Waals surface area contributed by atoms with Crippen LogP contribution in [0.3, 0.4) is 0 Å². The molecule has 0 heterocycles. The molecule has 0 aliphatic heterocycles. The first-order chi connectivity index (χ1) is 9.85. The Morgan fingerprint density at radius 3 is 2.24 bits per heavy atom. The fourth-order valence-corrected chi connectivity index (χ4v) is 1.97. The van der Waals surface area contributed by atoms with E-state index in [0.29, 0.717) is 5.69 Å². The van der Waals surface area contributed by atoms with Gasteiger partial charge in [0.25, 0.3) is 0 Å². The Hall–Kier alpha value is -2.17. The number of rotatable bonds is 4. The summed E-state index contributed by atoms with van der Waals surface area (Å²) in [4.78, 5) is 0. The van der Waals surface area contributed by atoms with Gasteiger partial charge in [-0.3, -0.25) is 0 Å². The predicted molar refractivity (Wildman–Crippen MR) is 76.3 cm³/mol. The normalized spacial score (nSPS) is 12.8. The summed E-state index contributed by atoms with van der Waals surface area (Å²) < 4.78 is 41.2. The van der Waals surface area contributed by atoms with Crippen molar-refractivity contribution in [3.05, 3.63) is 59.7 Å². The zero-order chi connectivity index (χ0) is 15.5. The number of ether oxygens (including phenoxy) is 1. The fraction of sp³-hybridized carbons (Fsp3) is 0.250. The minimum atomic E-state index is -4.70. The average molecular weight is 295 g/mol. The highest BCUT2D eigenvalue weighted by atomic mass is 19.4. The molecule has 0 aromatic heterocycles. The van der Waals surface area contributed by atoms with Gasteiger partial charge in [-0.15, -0.1) is 13.2 Å². The summed E-state index contributed by atoms with van der Waals surface area (Å²) in [5.74, 6) is -0.232. The molecule has 0 spiro atoms.